The van der Waals surface area contributed by atoms with Gasteiger partial charge in [0.2, 0.25) is 11.4 Å². The molecule has 3 aliphatic rings. The van der Waals surface area contributed by atoms with Gasteiger partial charge in [-0.3, -0.25) is 0 Å². The topological polar surface area (TPSA) is 20.9 Å². The lowest BCUT2D eigenvalue weighted by atomic mass is 9.84. The summed E-state index contributed by atoms with van der Waals surface area (Å²) in [5, 5.41) is 2.38. The first-order valence-electron chi connectivity index (χ1n) is 14.7. The predicted octanol–water partition coefficient (Wildman–Crippen LogP) is 7.90. The number of nitrogens with zero attached hydrogens (tertiary/aromatic N) is 2. The second-order valence-electron chi connectivity index (χ2n) is 13.1. The van der Waals surface area contributed by atoms with Gasteiger partial charge in [-0.1, -0.05) is 57.2 Å². The van der Waals surface area contributed by atoms with Gasteiger partial charge in [-0.25, -0.2) is 0 Å². The summed E-state index contributed by atoms with van der Waals surface area (Å²) in [7, 11) is 0. The van der Waals surface area contributed by atoms with Gasteiger partial charge in [0.25, 0.3) is 0 Å². The quantitative estimate of drug-likeness (QED) is 0.182. The van der Waals surface area contributed by atoms with Crippen LogP contribution < -0.4 is 9.13 Å². The molecule has 9 rings (SSSR count). The van der Waals surface area contributed by atoms with Gasteiger partial charge in [-0.2, -0.15) is 0 Å². The molecule has 1 aliphatic carbocycles. The molecule has 1 spiro atoms. The number of furan rings is 1. The molecule has 3 aromatic carbocycles. The molecular formula is C38H32N2O+2. The third kappa shape index (κ3) is 2.70. The first-order chi connectivity index (χ1) is 19.8. The number of fused-ring (bicyclic) bond motifs is 16. The predicted molar refractivity (Wildman–Crippen MR) is 164 cm³/mol. The molecule has 0 amide bonds. The van der Waals surface area contributed by atoms with Crippen LogP contribution in [0.15, 0.2) is 89.6 Å². The Hall–Kier alpha value is -4.50. The Balaban J connectivity index is 1.51. The van der Waals surface area contributed by atoms with Gasteiger partial charge in [0, 0.05) is 39.6 Å². The minimum atomic E-state index is -0.543. The Kier molecular flexibility index (Phi) is 4.20. The fourth-order valence-electron chi connectivity index (χ4n) is 7.98. The van der Waals surface area contributed by atoms with E-state index in [4.69, 9.17) is 4.42 Å². The lowest BCUT2D eigenvalue weighted by Gasteiger charge is -2.22. The highest BCUT2D eigenvalue weighted by Crippen LogP contribution is 2.51. The van der Waals surface area contributed by atoms with Gasteiger partial charge in [-0.05, 0) is 67.1 Å². The standard InChI is InChI=1S/C38H32N2O/c1-22-13-18-32-28-10-6-7-12-29(28)38(39(32)20-22)30-17-16-27-26-15-14-24-9-8-11-25(24)35(26)41-36(27)34(30)33-19-31(37(3,4)5)23(2)21-40(33)38/h6-8,10-21H,9H2,1-5H3/q+2. The molecule has 2 aliphatic heterocycles. The van der Waals surface area contributed by atoms with E-state index in [0.29, 0.717) is 0 Å². The minimum Gasteiger partial charge on any atom is -0.454 e. The zero-order valence-electron chi connectivity index (χ0n) is 24.2. The second-order valence-corrected chi connectivity index (χ2v) is 13.1. The summed E-state index contributed by atoms with van der Waals surface area (Å²) < 4.78 is 12.0. The maximum Gasteiger partial charge on any atom is 0.417 e. The Morgan fingerprint density at radius 1 is 0.780 bits per heavy atom. The molecule has 3 aromatic heterocycles. The van der Waals surface area contributed by atoms with E-state index in [1.807, 2.05) is 0 Å². The van der Waals surface area contributed by atoms with Crippen LogP contribution in [-0.2, 0) is 17.5 Å². The van der Waals surface area contributed by atoms with E-state index in [9.17, 15) is 0 Å². The maximum absolute atomic E-state index is 6.98. The minimum absolute atomic E-state index is 0.0121. The highest BCUT2D eigenvalue weighted by atomic mass is 16.3. The summed E-state index contributed by atoms with van der Waals surface area (Å²) in [6.07, 6.45) is 10.2. The van der Waals surface area contributed by atoms with E-state index in [1.165, 1.54) is 72.2 Å². The van der Waals surface area contributed by atoms with Crippen LogP contribution in [-0.4, -0.2) is 0 Å². The highest BCUT2D eigenvalue weighted by Gasteiger charge is 2.67. The summed E-state index contributed by atoms with van der Waals surface area (Å²) in [5.41, 5.74) is 15.5. The lowest BCUT2D eigenvalue weighted by molar-refractivity contribution is -0.955. The molecule has 5 heterocycles. The molecule has 1 unspecified atom stereocenters. The Morgan fingerprint density at radius 2 is 1.56 bits per heavy atom. The molecule has 6 aromatic rings. The van der Waals surface area contributed by atoms with Crippen LogP contribution in [0.3, 0.4) is 0 Å². The Labute approximate surface area is 240 Å². The first-order valence-corrected chi connectivity index (χ1v) is 14.7. The van der Waals surface area contributed by atoms with Crippen molar-refractivity contribution >= 4 is 28.0 Å². The van der Waals surface area contributed by atoms with E-state index in [-0.39, 0.29) is 5.41 Å². The van der Waals surface area contributed by atoms with E-state index < -0.39 is 5.66 Å². The summed E-state index contributed by atoms with van der Waals surface area (Å²) in [6.45, 7) is 11.4. The van der Waals surface area contributed by atoms with Crippen LogP contribution in [0.5, 0.6) is 0 Å². The number of hydrogen-bond donors (Lipinski definition) is 0. The first kappa shape index (κ1) is 23.2. The molecular weight excluding hydrogens is 500 g/mol. The van der Waals surface area contributed by atoms with Crippen molar-refractivity contribution in [2.45, 2.75) is 52.1 Å². The van der Waals surface area contributed by atoms with Crippen molar-refractivity contribution in [3.63, 3.8) is 0 Å². The molecule has 198 valence electrons. The summed E-state index contributed by atoms with van der Waals surface area (Å²) in [4.78, 5) is 0. The highest BCUT2D eigenvalue weighted by molar-refractivity contribution is 6.12. The summed E-state index contributed by atoms with van der Waals surface area (Å²) >= 11 is 0. The molecule has 0 bridgehead atoms. The normalized spacial score (nSPS) is 17.8. The lowest BCUT2D eigenvalue weighted by Crippen LogP contribution is -2.71. The maximum atomic E-state index is 6.98. The number of rotatable bonds is 0. The van der Waals surface area contributed by atoms with Crippen molar-refractivity contribution in [3.05, 3.63) is 124 Å². The van der Waals surface area contributed by atoms with E-state index in [2.05, 4.69) is 135 Å². The van der Waals surface area contributed by atoms with Crippen LogP contribution >= 0.6 is 0 Å². The number of allylic oxidation sites excluding steroid dienone is 1. The van der Waals surface area contributed by atoms with Gasteiger partial charge in [-0.15, -0.1) is 9.13 Å². The summed E-state index contributed by atoms with van der Waals surface area (Å²) in [6, 6.07) is 25.1. The molecule has 3 nitrogen and oxygen atoms in total. The fraction of sp³-hybridized carbons (Fsp3) is 0.211. The molecule has 1 atom stereocenters. The molecule has 0 fully saturated rings. The third-order valence-corrected chi connectivity index (χ3v) is 9.66. The smallest absolute Gasteiger partial charge is 0.417 e. The van der Waals surface area contributed by atoms with Crippen molar-refractivity contribution in [3.8, 4) is 22.5 Å². The van der Waals surface area contributed by atoms with E-state index in [1.54, 1.807) is 0 Å². The molecule has 0 N–H and O–H groups in total. The second kappa shape index (κ2) is 7.41. The van der Waals surface area contributed by atoms with Crippen molar-refractivity contribution < 1.29 is 13.6 Å². The van der Waals surface area contributed by atoms with E-state index in [0.717, 1.165) is 17.6 Å². The average molecular weight is 533 g/mol. The van der Waals surface area contributed by atoms with Crippen LogP contribution in [0.4, 0.5) is 0 Å². The fourth-order valence-corrected chi connectivity index (χ4v) is 7.98. The Bertz CT molecular complexity index is 2190. The molecule has 3 heteroatoms. The number of pyridine rings is 2. The molecule has 41 heavy (non-hydrogen) atoms. The van der Waals surface area contributed by atoms with Gasteiger partial charge in [0.05, 0.1) is 5.56 Å². The number of hydrogen-bond acceptors (Lipinski definition) is 1. The van der Waals surface area contributed by atoms with E-state index >= 15 is 0 Å². The average Bonchev–Trinajstić information content (AvgIpc) is 3.69. The SMILES string of the molecule is Cc1ccc2[n+](c1)C1(c3ccccc3-2)c2ccc3c(oc4c5c(ccc43)CC=C5)c2-c2cc(C(C)(C)C)c(C)c[n+]21. The van der Waals surface area contributed by atoms with Crippen molar-refractivity contribution in [1.82, 2.24) is 0 Å². The zero-order chi connectivity index (χ0) is 27.8. The van der Waals surface area contributed by atoms with Gasteiger partial charge in [0.15, 0.2) is 12.4 Å². The third-order valence-electron chi connectivity index (χ3n) is 9.66. The number of aryl methyl sites for hydroxylation is 2. The number of aromatic nitrogens is 2. The monoisotopic (exact) mass is 532 g/mol. The Morgan fingerprint density at radius 3 is 2.41 bits per heavy atom. The van der Waals surface area contributed by atoms with Crippen LogP contribution in [0.1, 0.15) is 59.7 Å². The van der Waals surface area contributed by atoms with Gasteiger partial charge in [0.1, 0.15) is 27.9 Å². The van der Waals surface area contributed by atoms with Crippen molar-refractivity contribution in [2.24, 2.45) is 0 Å². The van der Waals surface area contributed by atoms with Crippen molar-refractivity contribution in [1.29, 1.82) is 0 Å². The molecule has 0 radical (unpaired) electrons. The van der Waals surface area contributed by atoms with Crippen LogP contribution in [0.25, 0.3) is 50.5 Å². The largest absolute Gasteiger partial charge is 0.454 e. The molecule has 0 saturated heterocycles. The van der Waals surface area contributed by atoms with Gasteiger partial charge >= 0.3 is 5.66 Å². The van der Waals surface area contributed by atoms with Gasteiger partial charge < -0.3 is 4.42 Å². The molecule has 0 saturated carbocycles. The van der Waals surface area contributed by atoms with Crippen LogP contribution in [0.2, 0.25) is 0 Å². The van der Waals surface area contributed by atoms with Crippen LogP contribution in [0, 0.1) is 13.8 Å². The number of benzene rings is 3. The summed E-state index contributed by atoms with van der Waals surface area (Å²) in [5.74, 6) is 0. The zero-order valence-corrected chi connectivity index (χ0v) is 24.2. The van der Waals surface area contributed by atoms with Crippen molar-refractivity contribution in [2.75, 3.05) is 0 Å².